The number of nitrogens with zero attached hydrogens (tertiary/aromatic N) is 3. The molecule has 0 radical (unpaired) electrons. The molecule has 1 unspecified atom stereocenters. The molecule has 5 rings (SSSR count). The van der Waals surface area contributed by atoms with Gasteiger partial charge in [0.15, 0.2) is 11.6 Å². The third-order valence-corrected chi connectivity index (χ3v) is 14.9. The second kappa shape index (κ2) is 39.6. The smallest absolute Gasteiger partial charge is 0.313 e. The molecule has 0 bridgehead atoms. The number of sulfonamides is 1. The van der Waals surface area contributed by atoms with E-state index in [2.05, 4.69) is 15.0 Å². The molecule has 0 spiro atoms. The summed E-state index contributed by atoms with van der Waals surface area (Å²) in [6.07, 6.45) is 2.08. The molecule has 2 aliphatic heterocycles. The molecule has 486 valence electrons. The van der Waals surface area contributed by atoms with Crippen LogP contribution in [-0.4, -0.2) is 215 Å². The van der Waals surface area contributed by atoms with Gasteiger partial charge in [0.2, 0.25) is 33.3 Å². The zero-order chi connectivity index (χ0) is 63.0. The topological polar surface area (TPSA) is 293 Å². The number of benzene rings is 3. The Hall–Kier alpha value is -5.42. The highest BCUT2D eigenvalue weighted by Gasteiger charge is 2.37. The minimum atomic E-state index is -3.80. The Morgan fingerprint density at radius 3 is 1.64 bits per heavy atom. The Morgan fingerprint density at radius 1 is 0.701 bits per heavy atom. The van der Waals surface area contributed by atoms with Gasteiger partial charge in [0, 0.05) is 56.1 Å². The van der Waals surface area contributed by atoms with E-state index < -0.39 is 67.4 Å². The van der Waals surface area contributed by atoms with E-state index in [9.17, 15) is 49.1 Å². The van der Waals surface area contributed by atoms with Gasteiger partial charge in [-0.3, -0.25) is 23.4 Å². The zero-order valence-electron chi connectivity index (χ0n) is 49.1. The fraction of sp³-hybridized carbons (Fsp3) is 0.579. The molecule has 0 aliphatic carbocycles. The maximum Gasteiger partial charge on any atom is 0.313 e. The normalized spacial score (nSPS) is 14.1. The van der Waals surface area contributed by atoms with E-state index in [4.69, 9.17) is 57.9 Å². The van der Waals surface area contributed by atoms with Gasteiger partial charge in [-0.2, -0.15) is 13.1 Å². The standard InChI is InChI=1S/C57H79F4N5O19S2/c1-4-12-66(85-40(2)3)57(69)45-33-44-9-8-43(35-47(44)64-48(62)36-45)42-6-5-7-46(34-42)87(72,73)65-38-41(39-65)37-63-49(67)10-13-74-15-17-76-19-21-78-23-25-80-27-29-82-31-32-83-30-28-81-26-24-79-22-20-77-18-16-75-14-11-50(68)84-55-51(58)53(60)56(86(70)71)54(61)52(55)59/h5-9,33-35,40-41H,4,10-32,36-39H2,1-3H3,(H2,62,64)(H,63,67)(H,70,71)/p-1. The number of nitrogens with two attached hydrogens (primary N) is 1. The number of hydroxylamine groups is 2. The Labute approximate surface area is 506 Å². The lowest BCUT2D eigenvalue weighted by molar-refractivity contribution is -0.196. The minimum absolute atomic E-state index is 0.0311. The molecule has 2 amide bonds. The summed E-state index contributed by atoms with van der Waals surface area (Å²) in [6.45, 7) is 12.7. The Bertz CT molecular complexity index is 2820. The highest BCUT2D eigenvalue weighted by atomic mass is 32.2. The Balaban J connectivity index is 0.758. The van der Waals surface area contributed by atoms with Gasteiger partial charge < -0.3 is 67.7 Å². The van der Waals surface area contributed by atoms with E-state index >= 15 is 0 Å². The van der Waals surface area contributed by atoms with Gasteiger partial charge in [0.25, 0.3) is 5.91 Å². The summed E-state index contributed by atoms with van der Waals surface area (Å²) in [6, 6.07) is 12.2. The zero-order valence-corrected chi connectivity index (χ0v) is 50.7. The molecule has 2 heterocycles. The van der Waals surface area contributed by atoms with Crippen LogP contribution in [0.3, 0.4) is 0 Å². The van der Waals surface area contributed by atoms with Crippen molar-refractivity contribution in [2.45, 2.75) is 62.3 Å². The molecule has 0 saturated carbocycles. The Kier molecular flexibility index (Phi) is 32.9. The van der Waals surface area contributed by atoms with Crippen LogP contribution in [0.5, 0.6) is 5.75 Å². The number of ether oxygens (including phenoxy) is 11. The monoisotopic (exact) mass is 1280 g/mol. The maximum atomic E-state index is 13.9. The van der Waals surface area contributed by atoms with Gasteiger partial charge in [-0.25, -0.2) is 27.3 Å². The number of hydrogen-bond acceptors (Lipinski definition) is 21. The fourth-order valence-electron chi connectivity index (χ4n) is 8.10. The number of aliphatic imine (C=N–C) groups is 1. The van der Waals surface area contributed by atoms with Crippen molar-refractivity contribution in [1.82, 2.24) is 14.7 Å². The number of carbonyl (C=O) groups excluding carboxylic acids is 3. The quantitative estimate of drug-likeness (QED) is 0.0146. The van der Waals surface area contributed by atoms with Gasteiger partial charge >= 0.3 is 5.97 Å². The van der Waals surface area contributed by atoms with E-state index in [1.54, 1.807) is 24.3 Å². The third-order valence-electron chi connectivity index (χ3n) is 12.4. The lowest BCUT2D eigenvalue weighted by Crippen LogP contribution is -2.53. The molecule has 3 N–H and O–H groups in total. The van der Waals surface area contributed by atoms with E-state index in [-0.39, 0.29) is 100 Å². The van der Waals surface area contributed by atoms with E-state index in [1.807, 2.05) is 45.0 Å². The molecule has 87 heavy (non-hydrogen) atoms. The highest BCUT2D eigenvalue weighted by molar-refractivity contribution is 7.89. The molecule has 3 aromatic carbocycles. The van der Waals surface area contributed by atoms with Crippen LogP contribution in [0, 0.1) is 29.2 Å². The van der Waals surface area contributed by atoms with Crippen molar-refractivity contribution in [1.29, 1.82) is 0 Å². The number of halogens is 4. The highest BCUT2D eigenvalue weighted by Crippen LogP contribution is 2.35. The first kappa shape index (κ1) is 72.3. The van der Waals surface area contributed by atoms with Gasteiger partial charge in [-0.1, -0.05) is 31.2 Å². The van der Waals surface area contributed by atoms with Crippen LogP contribution in [0.4, 0.5) is 23.2 Å². The summed E-state index contributed by atoms with van der Waals surface area (Å²) in [5, 5.41) is 4.24. The van der Waals surface area contributed by atoms with Gasteiger partial charge in [0.05, 0.1) is 155 Å². The molecule has 0 aromatic heterocycles. The Morgan fingerprint density at radius 2 is 1.17 bits per heavy atom. The second-order valence-electron chi connectivity index (χ2n) is 19.6. The molecule has 2 aliphatic rings. The summed E-state index contributed by atoms with van der Waals surface area (Å²) < 4.78 is 164. The van der Waals surface area contributed by atoms with Crippen LogP contribution < -0.4 is 15.8 Å². The number of rotatable bonds is 45. The van der Waals surface area contributed by atoms with E-state index in [1.165, 1.54) is 9.37 Å². The summed E-state index contributed by atoms with van der Waals surface area (Å²) in [5.74, 6) is -12.0. The van der Waals surface area contributed by atoms with Crippen molar-refractivity contribution in [2.24, 2.45) is 16.6 Å². The number of fused-ring (bicyclic) bond motifs is 1. The fourth-order valence-corrected chi connectivity index (χ4v) is 10.2. The van der Waals surface area contributed by atoms with E-state index in [0.29, 0.717) is 128 Å². The summed E-state index contributed by atoms with van der Waals surface area (Å²) >= 11 is -3.61. The number of esters is 1. The van der Waals surface area contributed by atoms with Crippen LogP contribution in [0.1, 0.15) is 52.0 Å². The lowest BCUT2D eigenvalue weighted by Gasteiger charge is -2.38. The molecule has 1 saturated heterocycles. The van der Waals surface area contributed by atoms with Crippen molar-refractivity contribution in [3.8, 4) is 16.9 Å². The van der Waals surface area contributed by atoms with Crippen LogP contribution >= 0.6 is 0 Å². The minimum Gasteiger partial charge on any atom is -0.768 e. The first-order valence-corrected chi connectivity index (χ1v) is 30.9. The predicted octanol–water partition coefficient (Wildman–Crippen LogP) is 4.79. The third kappa shape index (κ3) is 25.2. The predicted molar refractivity (Wildman–Crippen MR) is 306 cm³/mol. The molecule has 24 nitrogen and oxygen atoms in total. The van der Waals surface area contributed by atoms with Crippen molar-refractivity contribution >= 4 is 56.5 Å². The number of amides is 2. The summed E-state index contributed by atoms with van der Waals surface area (Å²) in [4.78, 5) is 46.4. The number of amidine groups is 1. The average molecular weight is 1280 g/mol. The number of hydrogen-bond donors (Lipinski definition) is 2. The van der Waals surface area contributed by atoms with Crippen LogP contribution in [0.15, 0.2) is 62.8 Å². The van der Waals surface area contributed by atoms with Gasteiger partial charge in [-0.15, -0.1) is 0 Å². The van der Waals surface area contributed by atoms with Gasteiger partial charge in [-0.05, 0) is 66.8 Å². The average Bonchev–Trinajstić information content (AvgIpc) is 1.24. The SMILES string of the molecule is CCCN(OC(C)C)C(=O)C1=Cc2ccc(-c3cccc(S(=O)(=O)N4CC(CNC(=O)CCOCCOCCOCCOCCOCCOCCOCCOCCOCCOCCC(=O)Oc5c(F)c(F)c(S(=O)[O-])c(F)c5F)C4)c3)cc2N=C(N)C1. The van der Waals surface area contributed by atoms with Crippen molar-refractivity contribution in [2.75, 3.05) is 158 Å². The van der Waals surface area contributed by atoms with Crippen molar-refractivity contribution < 1.29 is 106 Å². The summed E-state index contributed by atoms with van der Waals surface area (Å²) in [5.41, 5.74) is 9.41. The lowest BCUT2D eigenvalue weighted by atomic mass is 10.0. The molecule has 3 aromatic rings. The van der Waals surface area contributed by atoms with Gasteiger partial charge in [0.1, 0.15) is 10.7 Å². The van der Waals surface area contributed by atoms with Crippen molar-refractivity contribution in [3.63, 3.8) is 0 Å². The summed E-state index contributed by atoms with van der Waals surface area (Å²) in [7, 11) is -3.80. The van der Waals surface area contributed by atoms with Crippen LogP contribution in [0.25, 0.3) is 17.2 Å². The first-order chi connectivity index (χ1) is 41.9. The number of carbonyl (C=O) groups is 3. The van der Waals surface area contributed by atoms with Crippen LogP contribution in [0.2, 0.25) is 0 Å². The molecule has 1 atom stereocenters. The molecular formula is C57H78F4N5O19S2-. The van der Waals surface area contributed by atoms with E-state index in [0.717, 1.165) is 12.0 Å². The van der Waals surface area contributed by atoms with Crippen LogP contribution in [-0.2, 0) is 87.7 Å². The molecule has 1 fully saturated rings. The molecular weight excluding hydrogens is 1200 g/mol. The largest absolute Gasteiger partial charge is 0.768 e. The second-order valence-corrected chi connectivity index (χ2v) is 22.4. The number of nitrogens with one attached hydrogen (secondary N) is 1. The maximum absolute atomic E-state index is 13.9. The van der Waals surface area contributed by atoms with Crippen molar-refractivity contribution in [3.05, 3.63) is 76.9 Å². The first-order valence-electron chi connectivity index (χ1n) is 28.4. The molecule has 30 heteroatoms.